The Morgan fingerprint density at radius 3 is 2.95 bits per heavy atom. The molecule has 6 heteroatoms. The molecule has 2 aromatic rings. The van der Waals surface area contributed by atoms with Gasteiger partial charge in [0.2, 0.25) is 5.95 Å². The zero-order valence-corrected chi connectivity index (χ0v) is 11.2. The first kappa shape index (κ1) is 13.3. The first-order valence-corrected chi connectivity index (χ1v) is 6.65. The molecule has 102 valence electrons. The number of aromatic nitrogens is 4. The Morgan fingerprint density at radius 1 is 1.21 bits per heavy atom. The number of nitrogens with one attached hydrogen (secondary N) is 2. The Bertz CT molecular complexity index is 468. The maximum atomic E-state index is 4.39. The molecule has 0 fully saturated rings. The van der Waals surface area contributed by atoms with Crippen molar-refractivity contribution in [2.45, 2.75) is 26.3 Å². The van der Waals surface area contributed by atoms with Crippen LogP contribution in [0.1, 0.15) is 19.8 Å². The van der Waals surface area contributed by atoms with Crippen LogP contribution in [0.2, 0.25) is 0 Å². The molecule has 0 aromatic carbocycles. The highest BCUT2D eigenvalue weighted by Gasteiger charge is 1.98. The summed E-state index contributed by atoms with van der Waals surface area (Å²) in [4.78, 5) is 12.6. The minimum atomic E-state index is 0.682. The molecule has 2 aromatic heterocycles. The number of rotatable bonds is 8. The van der Waals surface area contributed by atoms with Crippen LogP contribution in [0.25, 0.3) is 0 Å². The van der Waals surface area contributed by atoms with Gasteiger partial charge in [-0.25, -0.2) is 9.97 Å². The van der Waals surface area contributed by atoms with Crippen LogP contribution in [0.15, 0.2) is 31.0 Å². The first-order valence-electron chi connectivity index (χ1n) is 6.65. The predicted octanol–water partition coefficient (Wildman–Crippen LogP) is 2.00. The molecule has 0 aliphatic rings. The third-order valence-corrected chi connectivity index (χ3v) is 2.65. The summed E-state index contributed by atoms with van der Waals surface area (Å²) in [6, 6.07) is 1.88. The standard InChI is InChI=1S/C13H20N6/c1-2-5-16-13-17-7-4-12(18-13)15-6-3-9-19-10-8-14-11-19/h4,7-8,10-11H,2-3,5-6,9H2,1H3,(H2,15,16,17,18). The van der Waals surface area contributed by atoms with Crippen molar-refractivity contribution in [3.8, 4) is 0 Å². The number of hydrogen-bond donors (Lipinski definition) is 2. The normalized spacial score (nSPS) is 10.4. The summed E-state index contributed by atoms with van der Waals surface area (Å²) in [5.41, 5.74) is 0. The van der Waals surface area contributed by atoms with Gasteiger partial charge in [-0.3, -0.25) is 0 Å². The van der Waals surface area contributed by atoms with E-state index in [2.05, 4.69) is 37.1 Å². The monoisotopic (exact) mass is 260 g/mol. The lowest BCUT2D eigenvalue weighted by Crippen LogP contribution is -2.09. The molecular formula is C13H20N6. The zero-order chi connectivity index (χ0) is 13.3. The van der Waals surface area contributed by atoms with Gasteiger partial charge in [0.05, 0.1) is 6.33 Å². The number of imidazole rings is 1. The summed E-state index contributed by atoms with van der Waals surface area (Å²) >= 11 is 0. The van der Waals surface area contributed by atoms with Gasteiger partial charge in [-0.2, -0.15) is 4.98 Å². The molecule has 0 saturated carbocycles. The smallest absolute Gasteiger partial charge is 0.224 e. The lowest BCUT2D eigenvalue weighted by molar-refractivity contribution is 0.660. The fraction of sp³-hybridized carbons (Fsp3) is 0.462. The van der Waals surface area contributed by atoms with Crippen LogP contribution in [-0.2, 0) is 6.54 Å². The van der Waals surface area contributed by atoms with Crippen LogP contribution >= 0.6 is 0 Å². The minimum Gasteiger partial charge on any atom is -0.370 e. The molecular weight excluding hydrogens is 240 g/mol. The van der Waals surface area contributed by atoms with E-state index in [1.807, 2.05) is 18.6 Å². The molecule has 19 heavy (non-hydrogen) atoms. The highest BCUT2D eigenvalue weighted by molar-refractivity contribution is 5.39. The van der Waals surface area contributed by atoms with E-state index >= 15 is 0 Å². The highest BCUT2D eigenvalue weighted by Crippen LogP contribution is 2.05. The molecule has 2 heterocycles. The highest BCUT2D eigenvalue weighted by atomic mass is 15.1. The average molecular weight is 260 g/mol. The second kappa shape index (κ2) is 7.35. The van der Waals surface area contributed by atoms with Gasteiger partial charge < -0.3 is 15.2 Å². The largest absolute Gasteiger partial charge is 0.370 e. The third kappa shape index (κ3) is 4.57. The van der Waals surface area contributed by atoms with Gasteiger partial charge in [-0.05, 0) is 18.9 Å². The van der Waals surface area contributed by atoms with Crippen molar-refractivity contribution < 1.29 is 0 Å². The summed E-state index contributed by atoms with van der Waals surface area (Å²) in [5, 5.41) is 6.47. The number of anilines is 2. The lowest BCUT2D eigenvalue weighted by atomic mass is 10.4. The van der Waals surface area contributed by atoms with E-state index in [4.69, 9.17) is 0 Å². The average Bonchev–Trinajstić information content (AvgIpc) is 2.95. The van der Waals surface area contributed by atoms with Gasteiger partial charge >= 0.3 is 0 Å². The van der Waals surface area contributed by atoms with Gasteiger partial charge in [0.1, 0.15) is 5.82 Å². The van der Waals surface area contributed by atoms with Crippen molar-refractivity contribution in [2.24, 2.45) is 0 Å². The SMILES string of the molecule is CCCNc1nccc(NCCCn2ccnc2)n1. The van der Waals surface area contributed by atoms with Crippen molar-refractivity contribution >= 4 is 11.8 Å². The molecule has 0 saturated heterocycles. The second-order valence-corrected chi connectivity index (χ2v) is 4.27. The Morgan fingerprint density at radius 2 is 2.16 bits per heavy atom. The van der Waals surface area contributed by atoms with E-state index in [0.717, 1.165) is 38.3 Å². The molecule has 0 radical (unpaired) electrons. The third-order valence-electron chi connectivity index (χ3n) is 2.65. The molecule has 0 bridgehead atoms. The lowest BCUT2D eigenvalue weighted by Gasteiger charge is -2.08. The van der Waals surface area contributed by atoms with Crippen LogP contribution in [-0.4, -0.2) is 32.6 Å². The molecule has 0 atom stereocenters. The fourth-order valence-corrected chi connectivity index (χ4v) is 1.68. The summed E-state index contributed by atoms with van der Waals surface area (Å²) in [7, 11) is 0. The Balaban J connectivity index is 1.73. The number of hydrogen-bond acceptors (Lipinski definition) is 5. The van der Waals surface area contributed by atoms with E-state index in [0.29, 0.717) is 5.95 Å². The van der Waals surface area contributed by atoms with Crippen LogP contribution in [0.3, 0.4) is 0 Å². The van der Waals surface area contributed by atoms with Gasteiger partial charge in [-0.15, -0.1) is 0 Å². The van der Waals surface area contributed by atoms with Crippen LogP contribution in [0, 0.1) is 0 Å². The van der Waals surface area contributed by atoms with Crippen molar-refractivity contribution in [2.75, 3.05) is 23.7 Å². The van der Waals surface area contributed by atoms with E-state index in [1.54, 1.807) is 12.4 Å². The Hall–Kier alpha value is -2.11. The topological polar surface area (TPSA) is 67.7 Å². The molecule has 6 nitrogen and oxygen atoms in total. The molecule has 0 aliphatic heterocycles. The molecule has 0 spiro atoms. The predicted molar refractivity (Wildman–Crippen MR) is 76.1 cm³/mol. The molecule has 0 unspecified atom stereocenters. The maximum Gasteiger partial charge on any atom is 0.224 e. The van der Waals surface area contributed by atoms with Crippen molar-refractivity contribution in [3.63, 3.8) is 0 Å². The Kier molecular flexibility index (Phi) is 5.16. The van der Waals surface area contributed by atoms with Crippen LogP contribution in [0.5, 0.6) is 0 Å². The van der Waals surface area contributed by atoms with Gasteiger partial charge in [0.15, 0.2) is 0 Å². The summed E-state index contributed by atoms with van der Waals surface area (Å²) < 4.78 is 2.07. The van der Waals surface area contributed by atoms with Crippen molar-refractivity contribution in [1.82, 2.24) is 19.5 Å². The molecule has 2 N–H and O–H groups in total. The maximum absolute atomic E-state index is 4.39. The van der Waals surface area contributed by atoms with Gasteiger partial charge in [0.25, 0.3) is 0 Å². The number of nitrogens with zero attached hydrogens (tertiary/aromatic N) is 4. The Labute approximate surface area is 113 Å². The number of aryl methyl sites for hydroxylation is 1. The fourth-order valence-electron chi connectivity index (χ4n) is 1.68. The van der Waals surface area contributed by atoms with Crippen molar-refractivity contribution in [1.29, 1.82) is 0 Å². The van der Waals surface area contributed by atoms with E-state index in [1.165, 1.54) is 0 Å². The summed E-state index contributed by atoms with van der Waals surface area (Å²) in [6.07, 6.45) is 9.45. The van der Waals surface area contributed by atoms with E-state index in [-0.39, 0.29) is 0 Å². The van der Waals surface area contributed by atoms with E-state index in [9.17, 15) is 0 Å². The van der Waals surface area contributed by atoms with Gasteiger partial charge in [-0.1, -0.05) is 6.92 Å². The molecule has 0 amide bonds. The quantitative estimate of drug-likeness (QED) is 0.711. The zero-order valence-electron chi connectivity index (χ0n) is 11.2. The van der Waals surface area contributed by atoms with Gasteiger partial charge in [0, 0.05) is 38.2 Å². The molecule has 2 rings (SSSR count). The van der Waals surface area contributed by atoms with Crippen LogP contribution < -0.4 is 10.6 Å². The summed E-state index contributed by atoms with van der Waals surface area (Å²) in [5.74, 6) is 1.54. The minimum absolute atomic E-state index is 0.682. The second-order valence-electron chi connectivity index (χ2n) is 4.27. The summed E-state index contributed by atoms with van der Waals surface area (Å²) in [6.45, 7) is 4.84. The first-order chi connectivity index (χ1) is 9.38. The molecule has 0 aliphatic carbocycles. The van der Waals surface area contributed by atoms with Crippen LogP contribution in [0.4, 0.5) is 11.8 Å². The van der Waals surface area contributed by atoms with E-state index < -0.39 is 0 Å². The van der Waals surface area contributed by atoms with Crippen molar-refractivity contribution in [3.05, 3.63) is 31.0 Å².